The number of nitrogens with one attached hydrogen (secondary N) is 2. The van der Waals surface area contributed by atoms with E-state index in [0.29, 0.717) is 5.76 Å². The molecule has 0 fully saturated rings. The van der Waals surface area contributed by atoms with Gasteiger partial charge in [-0.1, -0.05) is 0 Å². The quantitative estimate of drug-likeness (QED) is 0.275. The van der Waals surface area contributed by atoms with E-state index in [4.69, 9.17) is 9.47 Å². The number of aromatic nitrogens is 4. The Morgan fingerprint density at radius 2 is 1.35 bits per heavy atom. The fraction of sp³-hybridized carbons (Fsp3) is 0.250. The third-order valence-electron chi connectivity index (χ3n) is 5.34. The minimum Gasteiger partial charge on any atom is -0.507 e. The summed E-state index contributed by atoms with van der Waals surface area (Å²) >= 11 is 0. The Hall–Kier alpha value is -4.78. The highest BCUT2D eigenvalue weighted by molar-refractivity contribution is 6.04. The van der Waals surface area contributed by atoms with Crippen molar-refractivity contribution in [2.24, 2.45) is 10.2 Å². The van der Waals surface area contributed by atoms with Crippen molar-refractivity contribution in [2.75, 3.05) is 10.9 Å². The number of rotatable bonds is 7. The van der Waals surface area contributed by atoms with Crippen LogP contribution in [-0.2, 0) is 9.47 Å². The summed E-state index contributed by atoms with van der Waals surface area (Å²) in [5, 5.41) is 42.2. The zero-order valence-electron chi connectivity index (χ0n) is 20.5. The van der Waals surface area contributed by atoms with Crippen LogP contribution < -0.4 is 10.9 Å². The SMILES string of the molecule is CC1=CC(O)=C(/C(C)=N/Nc2ncccn2)C(C2(O)OC(C)=CC(O)=C2/C(C)=N/Nc2ncccn2)O1. The van der Waals surface area contributed by atoms with Gasteiger partial charge >= 0.3 is 0 Å². The number of nitrogens with zero attached hydrogens (tertiary/aromatic N) is 6. The zero-order valence-corrected chi connectivity index (χ0v) is 20.5. The average molecular weight is 507 g/mol. The van der Waals surface area contributed by atoms with Gasteiger partial charge in [0.05, 0.1) is 28.3 Å². The van der Waals surface area contributed by atoms with Crippen molar-refractivity contribution in [1.82, 2.24) is 19.9 Å². The molecule has 0 saturated carbocycles. The summed E-state index contributed by atoms with van der Waals surface area (Å²) < 4.78 is 11.9. The van der Waals surface area contributed by atoms with Gasteiger partial charge in [0, 0.05) is 36.9 Å². The monoisotopic (exact) mass is 506 g/mol. The first kappa shape index (κ1) is 25.3. The molecular weight excluding hydrogens is 480 g/mol. The van der Waals surface area contributed by atoms with Crippen LogP contribution in [0.3, 0.4) is 0 Å². The van der Waals surface area contributed by atoms with Crippen LogP contribution in [0.5, 0.6) is 0 Å². The van der Waals surface area contributed by atoms with Crippen LogP contribution in [0, 0.1) is 0 Å². The van der Waals surface area contributed by atoms with Crippen LogP contribution in [0.15, 0.2) is 93.5 Å². The molecule has 192 valence electrons. The molecule has 5 N–H and O–H groups in total. The molecular formula is C24H26N8O5. The second-order valence-corrected chi connectivity index (χ2v) is 8.13. The van der Waals surface area contributed by atoms with E-state index in [0.717, 1.165) is 0 Å². The molecule has 2 unspecified atom stereocenters. The van der Waals surface area contributed by atoms with Gasteiger partial charge in [-0.05, 0) is 39.8 Å². The standard InChI is InChI=1S/C24H26N8O5/c1-13-11-17(33)19(15(3)29-31-22-25-7-5-8-26-22)21(36-13)24(35)20(18(34)12-14(2)37-24)16(4)30-32-23-27-9-6-10-28-23/h5-12,21,33-35H,1-4H3,(H,25,26,31)(H,27,28,32)/b29-15+,30-16+. The summed E-state index contributed by atoms with van der Waals surface area (Å²) in [6, 6.07) is 3.31. The third-order valence-corrected chi connectivity index (χ3v) is 5.34. The molecule has 2 aromatic rings. The molecule has 2 atom stereocenters. The molecule has 0 saturated heterocycles. The van der Waals surface area contributed by atoms with E-state index in [-0.39, 0.29) is 51.7 Å². The first-order valence-electron chi connectivity index (χ1n) is 11.2. The van der Waals surface area contributed by atoms with Gasteiger partial charge < -0.3 is 24.8 Å². The lowest BCUT2D eigenvalue weighted by Crippen LogP contribution is -2.53. The molecule has 0 aliphatic carbocycles. The fourth-order valence-electron chi connectivity index (χ4n) is 3.83. The van der Waals surface area contributed by atoms with Crippen LogP contribution in [0.25, 0.3) is 0 Å². The number of aliphatic hydroxyl groups excluding tert-OH is 2. The predicted octanol–water partition coefficient (Wildman–Crippen LogP) is 3.09. The lowest BCUT2D eigenvalue weighted by molar-refractivity contribution is -0.203. The molecule has 0 bridgehead atoms. The van der Waals surface area contributed by atoms with E-state index < -0.39 is 11.9 Å². The van der Waals surface area contributed by atoms with Crippen molar-refractivity contribution >= 4 is 23.3 Å². The zero-order chi connectivity index (χ0) is 26.6. The van der Waals surface area contributed by atoms with Crippen LogP contribution in [-0.4, -0.2) is 58.6 Å². The topological polar surface area (TPSA) is 179 Å². The molecule has 0 amide bonds. The van der Waals surface area contributed by atoms with Gasteiger partial charge in [-0.25, -0.2) is 30.8 Å². The molecule has 13 nitrogen and oxygen atoms in total. The summed E-state index contributed by atoms with van der Waals surface area (Å²) in [4.78, 5) is 16.2. The molecule has 4 rings (SSSR count). The van der Waals surface area contributed by atoms with Crippen LogP contribution in [0.4, 0.5) is 11.9 Å². The van der Waals surface area contributed by atoms with Gasteiger partial charge in [-0.15, -0.1) is 0 Å². The number of hydrogen-bond acceptors (Lipinski definition) is 13. The fourth-order valence-corrected chi connectivity index (χ4v) is 3.83. The summed E-state index contributed by atoms with van der Waals surface area (Å²) in [5.74, 6) is -1.90. The van der Waals surface area contributed by atoms with Crippen LogP contribution in [0.2, 0.25) is 0 Å². The number of aliphatic hydroxyl groups is 3. The normalized spacial score (nSPS) is 22.6. The molecule has 4 heterocycles. The Kier molecular flexibility index (Phi) is 7.15. The highest BCUT2D eigenvalue weighted by Gasteiger charge is 2.53. The van der Waals surface area contributed by atoms with Crippen LogP contribution in [0.1, 0.15) is 27.7 Å². The Balaban J connectivity index is 1.75. The van der Waals surface area contributed by atoms with Crippen molar-refractivity contribution in [1.29, 1.82) is 0 Å². The second-order valence-electron chi connectivity index (χ2n) is 8.13. The molecule has 37 heavy (non-hydrogen) atoms. The summed E-state index contributed by atoms with van der Waals surface area (Å²) in [6.45, 7) is 6.31. The van der Waals surface area contributed by atoms with E-state index in [2.05, 4.69) is 41.0 Å². The van der Waals surface area contributed by atoms with E-state index in [9.17, 15) is 15.3 Å². The smallest absolute Gasteiger partial charge is 0.281 e. The largest absolute Gasteiger partial charge is 0.507 e. The molecule has 0 radical (unpaired) electrons. The number of hydrogen-bond donors (Lipinski definition) is 5. The predicted molar refractivity (Wildman–Crippen MR) is 135 cm³/mol. The van der Waals surface area contributed by atoms with Crippen molar-refractivity contribution in [3.05, 3.63) is 83.3 Å². The first-order chi connectivity index (χ1) is 17.7. The average Bonchev–Trinajstić information content (AvgIpc) is 2.86. The lowest BCUT2D eigenvalue weighted by atomic mass is 9.86. The number of ether oxygens (including phenoxy) is 2. The molecule has 2 aromatic heterocycles. The molecule has 0 spiro atoms. The van der Waals surface area contributed by atoms with Gasteiger partial charge in [0.2, 0.25) is 11.9 Å². The third kappa shape index (κ3) is 5.41. The lowest BCUT2D eigenvalue weighted by Gasteiger charge is -2.42. The van der Waals surface area contributed by atoms with E-state index in [1.165, 1.54) is 24.5 Å². The number of hydrazone groups is 2. The summed E-state index contributed by atoms with van der Waals surface area (Å²) in [7, 11) is 0. The van der Waals surface area contributed by atoms with E-state index >= 15 is 0 Å². The Bertz CT molecular complexity index is 1350. The Morgan fingerprint density at radius 1 is 0.838 bits per heavy atom. The maximum Gasteiger partial charge on any atom is 0.281 e. The second kappa shape index (κ2) is 10.5. The summed E-state index contributed by atoms with van der Waals surface area (Å²) in [5.41, 5.74) is 5.77. The number of anilines is 2. The molecule has 0 aromatic carbocycles. The van der Waals surface area contributed by atoms with Crippen molar-refractivity contribution in [3.63, 3.8) is 0 Å². The van der Waals surface area contributed by atoms with Gasteiger partial charge in [-0.2, -0.15) is 10.2 Å². The van der Waals surface area contributed by atoms with E-state index in [1.807, 2.05) is 0 Å². The van der Waals surface area contributed by atoms with Crippen molar-refractivity contribution in [3.8, 4) is 0 Å². The van der Waals surface area contributed by atoms with Crippen molar-refractivity contribution < 1.29 is 24.8 Å². The van der Waals surface area contributed by atoms with Crippen LogP contribution >= 0.6 is 0 Å². The Labute approximate surface area is 212 Å². The Morgan fingerprint density at radius 3 is 1.92 bits per heavy atom. The highest BCUT2D eigenvalue weighted by Crippen LogP contribution is 2.41. The highest BCUT2D eigenvalue weighted by atomic mass is 16.7. The molecule has 2 aliphatic rings. The first-order valence-corrected chi connectivity index (χ1v) is 11.2. The van der Waals surface area contributed by atoms with Gasteiger partial charge in [-0.3, -0.25) is 0 Å². The molecule has 13 heteroatoms. The minimum atomic E-state index is -2.32. The van der Waals surface area contributed by atoms with Gasteiger partial charge in [0.1, 0.15) is 17.3 Å². The summed E-state index contributed by atoms with van der Waals surface area (Å²) in [6.07, 6.45) is 7.51. The number of allylic oxidation sites excluding steroid dienone is 4. The van der Waals surface area contributed by atoms with Gasteiger partial charge in [0.25, 0.3) is 5.79 Å². The van der Waals surface area contributed by atoms with Gasteiger partial charge in [0.15, 0.2) is 6.10 Å². The maximum absolute atomic E-state index is 12.0. The maximum atomic E-state index is 12.0. The van der Waals surface area contributed by atoms with Crippen molar-refractivity contribution in [2.45, 2.75) is 39.6 Å². The van der Waals surface area contributed by atoms with E-state index in [1.54, 1.807) is 52.2 Å². The molecule has 2 aliphatic heterocycles. The minimum absolute atomic E-state index is 0.0984.